The summed E-state index contributed by atoms with van der Waals surface area (Å²) in [6.45, 7) is 8.61. The maximum Gasteiger partial charge on any atom is 0.0245 e. The van der Waals surface area contributed by atoms with Gasteiger partial charge in [0, 0.05) is 11.2 Å². The van der Waals surface area contributed by atoms with Gasteiger partial charge in [-0.1, -0.05) is 72.3 Å². The third kappa shape index (κ3) is 2.71. The van der Waals surface area contributed by atoms with E-state index in [1.54, 1.807) is 0 Å². The number of allylic oxidation sites excluding steroid dienone is 1. The number of rotatable bonds is 4. The van der Waals surface area contributed by atoms with Gasteiger partial charge in [-0.2, -0.15) is 0 Å². The fraction of sp³-hybridized carbons (Fsp3) is 0.385. The number of benzene rings is 1. The Hall–Kier alpha value is -0.560. The van der Waals surface area contributed by atoms with Gasteiger partial charge in [-0.15, -0.1) is 0 Å². The Kier molecular flexibility index (Phi) is 4.40. The maximum atomic E-state index is 4.12. The van der Waals surface area contributed by atoms with Gasteiger partial charge in [-0.25, -0.2) is 0 Å². The summed E-state index contributed by atoms with van der Waals surface area (Å²) >= 11 is 3.48. The molecule has 0 amide bonds. The van der Waals surface area contributed by atoms with Crippen molar-refractivity contribution in [1.82, 2.24) is 0 Å². The Morgan fingerprint density at radius 3 is 2.29 bits per heavy atom. The lowest BCUT2D eigenvalue weighted by Gasteiger charge is -2.22. The first-order valence-corrected chi connectivity index (χ1v) is 6.07. The van der Waals surface area contributed by atoms with Gasteiger partial charge in [0.05, 0.1) is 0 Å². The molecule has 0 aliphatic carbocycles. The SMILES string of the molecule is C=C(CBr)C(c1ccccc1)C(C)C. The van der Waals surface area contributed by atoms with Crippen LogP contribution in [0.15, 0.2) is 42.5 Å². The second-order valence-electron chi connectivity index (χ2n) is 3.92. The summed E-state index contributed by atoms with van der Waals surface area (Å²) in [7, 11) is 0. The van der Waals surface area contributed by atoms with Gasteiger partial charge >= 0.3 is 0 Å². The Balaban J connectivity index is 2.95. The highest BCUT2D eigenvalue weighted by Crippen LogP contribution is 2.31. The quantitative estimate of drug-likeness (QED) is 0.552. The molecule has 0 radical (unpaired) electrons. The summed E-state index contributed by atoms with van der Waals surface area (Å²) < 4.78 is 0. The fourth-order valence-corrected chi connectivity index (χ4v) is 2.18. The van der Waals surface area contributed by atoms with Gasteiger partial charge in [0.1, 0.15) is 0 Å². The van der Waals surface area contributed by atoms with Crippen molar-refractivity contribution >= 4 is 15.9 Å². The van der Waals surface area contributed by atoms with E-state index in [0.29, 0.717) is 11.8 Å². The molecule has 0 fully saturated rings. The minimum atomic E-state index is 0.468. The second-order valence-corrected chi connectivity index (χ2v) is 4.48. The summed E-state index contributed by atoms with van der Waals surface area (Å²) in [6.07, 6.45) is 0. The summed E-state index contributed by atoms with van der Waals surface area (Å²) in [6, 6.07) is 10.6. The molecule has 0 saturated heterocycles. The number of hydrogen-bond donors (Lipinski definition) is 0. The molecule has 0 nitrogen and oxygen atoms in total. The van der Waals surface area contributed by atoms with Gasteiger partial charge in [0.15, 0.2) is 0 Å². The number of hydrogen-bond acceptors (Lipinski definition) is 0. The zero-order valence-electron chi connectivity index (χ0n) is 8.83. The molecule has 14 heavy (non-hydrogen) atoms. The first kappa shape index (κ1) is 11.5. The van der Waals surface area contributed by atoms with Gasteiger partial charge in [-0.05, 0) is 11.5 Å². The van der Waals surface area contributed by atoms with E-state index in [1.165, 1.54) is 11.1 Å². The van der Waals surface area contributed by atoms with E-state index in [1.807, 2.05) is 0 Å². The molecule has 0 aromatic heterocycles. The van der Waals surface area contributed by atoms with Crippen molar-refractivity contribution in [3.63, 3.8) is 0 Å². The average Bonchev–Trinajstić information content (AvgIpc) is 2.19. The van der Waals surface area contributed by atoms with Crippen LogP contribution in [-0.2, 0) is 0 Å². The molecule has 0 bridgehead atoms. The summed E-state index contributed by atoms with van der Waals surface area (Å²) in [4.78, 5) is 0. The van der Waals surface area contributed by atoms with Crippen LogP contribution in [0, 0.1) is 5.92 Å². The Morgan fingerprint density at radius 2 is 1.86 bits per heavy atom. The fourth-order valence-electron chi connectivity index (χ4n) is 1.84. The Labute approximate surface area is 95.2 Å². The molecule has 0 aliphatic rings. The Morgan fingerprint density at radius 1 is 1.29 bits per heavy atom. The van der Waals surface area contributed by atoms with Crippen LogP contribution in [0.25, 0.3) is 0 Å². The first-order valence-electron chi connectivity index (χ1n) is 4.95. The Bertz CT molecular complexity index is 287. The molecule has 0 N–H and O–H groups in total. The number of alkyl halides is 1. The highest BCUT2D eigenvalue weighted by molar-refractivity contribution is 9.09. The van der Waals surface area contributed by atoms with Crippen LogP contribution in [-0.4, -0.2) is 5.33 Å². The van der Waals surface area contributed by atoms with E-state index in [4.69, 9.17) is 0 Å². The summed E-state index contributed by atoms with van der Waals surface area (Å²) in [5.41, 5.74) is 2.62. The summed E-state index contributed by atoms with van der Waals surface area (Å²) in [5, 5.41) is 0.880. The molecule has 0 saturated carbocycles. The van der Waals surface area contributed by atoms with E-state index in [0.717, 1.165) is 5.33 Å². The largest absolute Gasteiger partial charge is 0.0984 e. The lowest BCUT2D eigenvalue weighted by atomic mass is 9.84. The smallest absolute Gasteiger partial charge is 0.0245 e. The highest BCUT2D eigenvalue weighted by Gasteiger charge is 2.17. The summed E-state index contributed by atoms with van der Waals surface area (Å²) in [5.74, 6) is 1.07. The lowest BCUT2D eigenvalue weighted by Crippen LogP contribution is -2.09. The molecule has 76 valence electrons. The van der Waals surface area contributed by atoms with Crippen molar-refractivity contribution in [3.05, 3.63) is 48.0 Å². The van der Waals surface area contributed by atoms with Crippen LogP contribution >= 0.6 is 15.9 Å². The molecular formula is C13H17Br. The van der Waals surface area contributed by atoms with Crippen LogP contribution in [0.1, 0.15) is 25.3 Å². The van der Waals surface area contributed by atoms with Crippen LogP contribution in [0.2, 0.25) is 0 Å². The standard InChI is InChI=1S/C13H17Br/c1-10(2)13(11(3)9-14)12-7-5-4-6-8-12/h4-8,10,13H,3,9H2,1-2H3. The van der Waals surface area contributed by atoms with Crippen molar-refractivity contribution in [2.45, 2.75) is 19.8 Å². The molecule has 1 aromatic rings. The highest BCUT2D eigenvalue weighted by atomic mass is 79.9. The third-order valence-corrected chi connectivity index (χ3v) is 3.16. The molecule has 0 aliphatic heterocycles. The molecule has 1 heteroatoms. The van der Waals surface area contributed by atoms with Crippen molar-refractivity contribution in [2.24, 2.45) is 5.92 Å². The zero-order chi connectivity index (χ0) is 10.6. The molecule has 1 atom stereocenters. The molecule has 1 unspecified atom stereocenters. The van der Waals surface area contributed by atoms with Crippen LogP contribution in [0.3, 0.4) is 0 Å². The topological polar surface area (TPSA) is 0 Å². The molecular weight excluding hydrogens is 236 g/mol. The molecule has 1 rings (SSSR count). The van der Waals surface area contributed by atoms with E-state index in [-0.39, 0.29) is 0 Å². The van der Waals surface area contributed by atoms with Crippen LogP contribution in [0.5, 0.6) is 0 Å². The van der Waals surface area contributed by atoms with Gasteiger partial charge in [0.2, 0.25) is 0 Å². The van der Waals surface area contributed by atoms with Crippen molar-refractivity contribution in [1.29, 1.82) is 0 Å². The normalized spacial score (nSPS) is 12.9. The minimum Gasteiger partial charge on any atom is -0.0984 e. The lowest BCUT2D eigenvalue weighted by molar-refractivity contribution is 0.558. The first-order chi connectivity index (χ1) is 6.66. The van der Waals surface area contributed by atoms with Crippen molar-refractivity contribution in [2.75, 3.05) is 5.33 Å². The number of halogens is 1. The van der Waals surface area contributed by atoms with Crippen molar-refractivity contribution in [3.8, 4) is 0 Å². The van der Waals surface area contributed by atoms with E-state index in [2.05, 4.69) is 66.7 Å². The second kappa shape index (κ2) is 5.35. The van der Waals surface area contributed by atoms with E-state index in [9.17, 15) is 0 Å². The predicted molar refractivity (Wildman–Crippen MR) is 67.0 cm³/mol. The average molecular weight is 253 g/mol. The molecule has 0 spiro atoms. The van der Waals surface area contributed by atoms with E-state index >= 15 is 0 Å². The monoisotopic (exact) mass is 252 g/mol. The van der Waals surface area contributed by atoms with Crippen molar-refractivity contribution < 1.29 is 0 Å². The minimum absolute atomic E-state index is 0.468. The zero-order valence-corrected chi connectivity index (χ0v) is 10.4. The van der Waals surface area contributed by atoms with E-state index < -0.39 is 0 Å². The van der Waals surface area contributed by atoms with Crippen LogP contribution < -0.4 is 0 Å². The third-order valence-electron chi connectivity index (χ3n) is 2.44. The predicted octanol–water partition coefficient (Wildman–Crippen LogP) is 4.38. The van der Waals surface area contributed by atoms with Gasteiger partial charge in [-0.3, -0.25) is 0 Å². The molecule has 0 heterocycles. The molecule has 1 aromatic carbocycles. The van der Waals surface area contributed by atoms with Gasteiger partial charge < -0.3 is 0 Å². The van der Waals surface area contributed by atoms with Crippen LogP contribution in [0.4, 0.5) is 0 Å². The maximum absolute atomic E-state index is 4.12. The van der Waals surface area contributed by atoms with Gasteiger partial charge in [0.25, 0.3) is 0 Å².